The van der Waals surface area contributed by atoms with Crippen LogP contribution in [0.4, 0.5) is 0 Å². The maximum atomic E-state index is 12.6. The average Bonchev–Trinajstić information content (AvgIpc) is 3.13. The summed E-state index contributed by atoms with van der Waals surface area (Å²) in [6, 6.07) is 7.25. The lowest BCUT2D eigenvalue weighted by Gasteiger charge is -2.01. The van der Waals surface area contributed by atoms with Crippen LogP contribution in [0.25, 0.3) is 11.5 Å². The lowest BCUT2D eigenvalue weighted by molar-refractivity contribution is 0.103. The van der Waals surface area contributed by atoms with Gasteiger partial charge in [-0.15, -0.1) is 10.2 Å². The smallest absolute Gasteiger partial charge is 0.221 e. The molecule has 118 valence electrons. The van der Waals surface area contributed by atoms with Crippen molar-refractivity contribution in [2.45, 2.75) is 13.5 Å². The van der Waals surface area contributed by atoms with Crippen molar-refractivity contribution in [1.82, 2.24) is 25.2 Å². The average molecular weight is 376 g/mol. The van der Waals surface area contributed by atoms with E-state index >= 15 is 0 Å². The van der Waals surface area contributed by atoms with Crippen molar-refractivity contribution in [3.8, 4) is 11.5 Å². The van der Waals surface area contributed by atoms with Crippen LogP contribution in [0.15, 0.2) is 34.9 Å². The van der Waals surface area contributed by atoms with E-state index in [-0.39, 0.29) is 18.9 Å². The molecule has 0 amide bonds. The van der Waals surface area contributed by atoms with E-state index in [4.69, 9.17) is 5.11 Å². The molecule has 0 radical (unpaired) electrons. The predicted molar refractivity (Wildman–Crippen MR) is 87.0 cm³/mol. The van der Waals surface area contributed by atoms with Crippen LogP contribution in [0.5, 0.6) is 0 Å². The molecule has 1 aromatic carbocycles. The van der Waals surface area contributed by atoms with Gasteiger partial charge >= 0.3 is 0 Å². The first-order chi connectivity index (χ1) is 11.1. The van der Waals surface area contributed by atoms with Crippen LogP contribution < -0.4 is 0 Å². The van der Waals surface area contributed by atoms with Crippen LogP contribution in [0.3, 0.4) is 0 Å². The molecule has 0 bridgehead atoms. The summed E-state index contributed by atoms with van der Waals surface area (Å²) in [5.74, 6) is 0.318. The molecule has 7 nitrogen and oxygen atoms in total. The molecule has 0 saturated carbocycles. The number of tetrazole rings is 1. The number of hydrogen-bond acceptors (Lipinski definition) is 5. The van der Waals surface area contributed by atoms with Crippen molar-refractivity contribution in [3.05, 3.63) is 51.6 Å². The topological polar surface area (TPSA) is 96.7 Å². The summed E-state index contributed by atoms with van der Waals surface area (Å²) in [5, 5.41) is 20.9. The van der Waals surface area contributed by atoms with Crippen LogP contribution in [0.2, 0.25) is 0 Å². The number of carbonyl (C=O) groups is 1. The summed E-state index contributed by atoms with van der Waals surface area (Å²) in [6.07, 6.45) is 1.65. The number of ketones is 1. The van der Waals surface area contributed by atoms with E-state index in [1.54, 1.807) is 18.3 Å². The second-order valence-electron chi connectivity index (χ2n) is 4.97. The van der Waals surface area contributed by atoms with Gasteiger partial charge in [0.1, 0.15) is 0 Å². The van der Waals surface area contributed by atoms with Crippen molar-refractivity contribution in [3.63, 3.8) is 0 Å². The Bertz CT molecular complexity index is 855. The first kappa shape index (κ1) is 15.6. The number of benzene rings is 1. The minimum Gasteiger partial charge on any atom is -0.394 e. The number of aliphatic hydroxyl groups excluding tert-OH is 1. The molecular weight excluding hydrogens is 362 g/mol. The van der Waals surface area contributed by atoms with E-state index in [2.05, 4.69) is 36.3 Å². The first-order valence-electron chi connectivity index (χ1n) is 6.97. The maximum Gasteiger partial charge on any atom is 0.221 e. The van der Waals surface area contributed by atoms with Crippen molar-refractivity contribution < 1.29 is 9.90 Å². The number of aromatic nitrogens is 5. The van der Waals surface area contributed by atoms with Gasteiger partial charge in [-0.1, -0.05) is 28.1 Å². The van der Waals surface area contributed by atoms with Gasteiger partial charge < -0.3 is 10.1 Å². The monoisotopic (exact) mass is 375 g/mol. The number of halogens is 1. The summed E-state index contributed by atoms with van der Waals surface area (Å²) < 4.78 is 0.852. The highest BCUT2D eigenvalue weighted by Gasteiger charge is 2.19. The fourth-order valence-electron chi connectivity index (χ4n) is 2.28. The van der Waals surface area contributed by atoms with Crippen molar-refractivity contribution in [2.75, 3.05) is 6.61 Å². The number of carbonyl (C=O) groups excluding carboxylic acids is 1. The Balaban J connectivity index is 1.93. The van der Waals surface area contributed by atoms with Crippen LogP contribution >= 0.6 is 15.9 Å². The minimum atomic E-state index is -0.0750. The third-order valence-electron chi connectivity index (χ3n) is 3.45. The van der Waals surface area contributed by atoms with Gasteiger partial charge in [0, 0.05) is 21.8 Å². The van der Waals surface area contributed by atoms with Crippen LogP contribution in [-0.2, 0) is 6.54 Å². The molecule has 0 aliphatic heterocycles. The second kappa shape index (κ2) is 6.43. The van der Waals surface area contributed by atoms with E-state index < -0.39 is 0 Å². The number of hydrogen-bond donors (Lipinski definition) is 2. The largest absolute Gasteiger partial charge is 0.394 e. The highest BCUT2D eigenvalue weighted by molar-refractivity contribution is 9.10. The SMILES string of the molecule is Cc1c(C(=O)c2cccc(Br)c2)c[nH]c1-c1nnn(CCO)n1. The number of nitrogens with zero attached hydrogens (tertiary/aromatic N) is 4. The third-order valence-corrected chi connectivity index (χ3v) is 3.94. The molecule has 8 heteroatoms. The van der Waals surface area contributed by atoms with Gasteiger partial charge in [0.25, 0.3) is 0 Å². The van der Waals surface area contributed by atoms with Gasteiger partial charge in [-0.25, -0.2) is 0 Å². The summed E-state index contributed by atoms with van der Waals surface area (Å²) in [6.45, 7) is 2.05. The molecule has 23 heavy (non-hydrogen) atoms. The summed E-state index contributed by atoms with van der Waals surface area (Å²) in [4.78, 5) is 17.0. The van der Waals surface area contributed by atoms with Crippen LogP contribution in [-0.4, -0.2) is 42.7 Å². The van der Waals surface area contributed by atoms with Gasteiger partial charge in [-0.05, 0) is 29.8 Å². The third kappa shape index (κ3) is 3.08. The quantitative estimate of drug-likeness (QED) is 0.664. The molecule has 0 aliphatic rings. The van der Waals surface area contributed by atoms with Gasteiger partial charge in [0.05, 0.1) is 18.8 Å². The Morgan fingerprint density at radius 3 is 3.00 bits per heavy atom. The van der Waals surface area contributed by atoms with E-state index in [0.29, 0.717) is 22.6 Å². The van der Waals surface area contributed by atoms with Gasteiger partial charge in [0.15, 0.2) is 5.78 Å². The fourth-order valence-corrected chi connectivity index (χ4v) is 2.68. The number of nitrogens with one attached hydrogen (secondary N) is 1. The van der Waals surface area contributed by atoms with Crippen LogP contribution in [0, 0.1) is 6.92 Å². The molecule has 3 aromatic rings. The summed E-state index contributed by atoms with van der Waals surface area (Å²) >= 11 is 3.37. The lowest BCUT2D eigenvalue weighted by atomic mass is 10.0. The highest BCUT2D eigenvalue weighted by Crippen LogP contribution is 2.24. The Kier molecular flexibility index (Phi) is 4.35. The van der Waals surface area contributed by atoms with Gasteiger partial charge in [0.2, 0.25) is 5.82 Å². The molecule has 2 aromatic heterocycles. The van der Waals surface area contributed by atoms with E-state index in [0.717, 1.165) is 10.0 Å². The van der Waals surface area contributed by atoms with Crippen molar-refractivity contribution >= 4 is 21.7 Å². The van der Waals surface area contributed by atoms with E-state index in [9.17, 15) is 4.79 Å². The molecule has 0 spiro atoms. The number of H-pyrrole nitrogens is 1. The highest BCUT2D eigenvalue weighted by atomic mass is 79.9. The Morgan fingerprint density at radius 2 is 2.26 bits per heavy atom. The minimum absolute atomic E-state index is 0.0634. The summed E-state index contributed by atoms with van der Waals surface area (Å²) in [5.41, 5.74) is 2.58. The van der Waals surface area contributed by atoms with Crippen molar-refractivity contribution in [1.29, 1.82) is 0 Å². The number of rotatable bonds is 5. The maximum absolute atomic E-state index is 12.6. The molecule has 2 N–H and O–H groups in total. The van der Waals surface area contributed by atoms with Crippen molar-refractivity contribution in [2.24, 2.45) is 0 Å². The molecular formula is C15H14BrN5O2. The standard InChI is InChI=1S/C15H14BrN5O2/c1-9-12(14(23)10-3-2-4-11(16)7-10)8-17-13(9)15-18-20-21(19-15)5-6-22/h2-4,7-8,17,22H,5-6H2,1H3. The van der Waals surface area contributed by atoms with Gasteiger partial charge in [-0.2, -0.15) is 4.80 Å². The van der Waals surface area contributed by atoms with Gasteiger partial charge in [-0.3, -0.25) is 4.79 Å². The normalized spacial score (nSPS) is 10.9. The lowest BCUT2D eigenvalue weighted by Crippen LogP contribution is -2.05. The Morgan fingerprint density at radius 1 is 1.43 bits per heavy atom. The van der Waals surface area contributed by atoms with E-state index in [1.165, 1.54) is 4.80 Å². The first-order valence-corrected chi connectivity index (χ1v) is 7.76. The Labute approximate surface area is 140 Å². The molecule has 0 unspecified atom stereocenters. The summed E-state index contributed by atoms with van der Waals surface area (Å²) in [7, 11) is 0. The molecule has 0 saturated heterocycles. The molecule has 3 rings (SSSR count). The molecule has 0 atom stereocenters. The number of aliphatic hydroxyl groups is 1. The molecule has 2 heterocycles. The zero-order valence-electron chi connectivity index (χ0n) is 12.3. The van der Waals surface area contributed by atoms with E-state index in [1.807, 2.05) is 19.1 Å². The zero-order chi connectivity index (χ0) is 16.4. The zero-order valence-corrected chi connectivity index (χ0v) is 13.9. The Hall–Kier alpha value is -2.32. The molecule has 0 aliphatic carbocycles. The van der Waals surface area contributed by atoms with Crippen LogP contribution in [0.1, 0.15) is 21.5 Å². The fraction of sp³-hybridized carbons (Fsp3) is 0.200. The second-order valence-corrected chi connectivity index (χ2v) is 5.89. The predicted octanol–water partition coefficient (Wildman–Crippen LogP) is 1.96. The number of aromatic amines is 1. The molecule has 0 fully saturated rings.